The van der Waals surface area contributed by atoms with Crippen molar-refractivity contribution in [2.75, 3.05) is 20.5 Å². The van der Waals surface area contributed by atoms with Gasteiger partial charge in [0.05, 0.1) is 0 Å². The molecular weight excluding hydrogens is 128 g/mol. The minimum atomic E-state index is 0.413. The van der Waals surface area contributed by atoms with E-state index in [1.165, 1.54) is 5.57 Å². The van der Waals surface area contributed by atoms with Crippen molar-refractivity contribution in [3.05, 3.63) is 12.2 Å². The van der Waals surface area contributed by atoms with Gasteiger partial charge in [-0.1, -0.05) is 5.57 Å². The summed E-state index contributed by atoms with van der Waals surface area (Å²) in [6.45, 7) is 10.6. The Morgan fingerprint density at radius 3 is 1.90 bits per heavy atom. The molecule has 0 radical (unpaired) electrons. The van der Waals surface area contributed by atoms with Gasteiger partial charge in [0.15, 0.2) is 0 Å². The normalized spacial score (nSPS) is 8.00. The van der Waals surface area contributed by atoms with Crippen LogP contribution in [0.5, 0.6) is 0 Å². The largest absolute Gasteiger partial charge is 0.359 e. The molecule has 0 saturated carbocycles. The summed E-state index contributed by atoms with van der Waals surface area (Å²) in [5.41, 5.74) is 1.17. The van der Waals surface area contributed by atoms with Crippen LogP contribution in [-0.2, 0) is 9.47 Å². The van der Waals surface area contributed by atoms with Gasteiger partial charge in [-0.15, -0.1) is 6.58 Å². The zero-order valence-electron chi connectivity index (χ0n) is 7.44. The number of hydrogen-bond donors (Lipinski definition) is 0. The van der Waals surface area contributed by atoms with Gasteiger partial charge in [-0.05, 0) is 20.8 Å². The predicted octanol–water partition coefficient (Wildman–Crippen LogP) is 2.21. The number of rotatable bonds is 3. The first kappa shape index (κ1) is 12.3. The van der Waals surface area contributed by atoms with Crippen molar-refractivity contribution in [3.8, 4) is 0 Å². The van der Waals surface area contributed by atoms with Crippen LogP contribution in [0.3, 0.4) is 0 Å². The highest BCUT2D eigenvalue weighted by Crippen LogP contribution is 1.73. The lowest BCUT2D eigenvalue weighted by Crippen LogP contribution is -1.93. The van der Waals surface area contributed by atoms with Crippen molar-refractivity contribution in [2.24, 2.45) is 0 Å². The van der Waals surface area contributed by atoms with Crippen LogP contribution in [0.1, 0.15) is 20.8 Å². The van der Waals surface area contributed by atoms with Gasteiger partial charge in [-0.25, -0.2) is 0 Å². The van der Waals surface area contributed by atoms with Gasteiger partial charge in [0.1, 0.15) is 6.79 Å². The Hall–Kier alpha value is -0.340. The first-order chi connectivity index (χ1) is 4.65. The molecule has 10 heavy (non-hydrogen) atoms. The summed E-state index contributed by atoms with van der Waals surface area (Å²) in [4.78, 5) is 0. The lowest BCUT2D eigenvalue weighted by molar-refractivity contribution is -0.0250. The molecule has 0 heterocycles. The number of hydrogen-bond acceptors (Lipinski definition) is 2. The van der Waals surface area contributed by atoms with Crippen LogP contribution >= 0.6 is 0 Å². The van der Waals surface area contributed by atoms with Gasteiger partial charge in [0.2, 0.25) is 0 Å². The molecule has 0 saturated heterocycles. The van der Waals surface area contributed by atoms with Gasteiger partial charge in [0.25, 0.3) is 0 Å². The Balaban J connectivity index is 0. The summed E-state index contributed by atoms with van der Waals surface area (Å²) >= 11 is 0. The molecule has 0 aromatic carbocycles. The molecule has 0 aliphatic heterocycles. The summed E-state index contributed by atoms with van der Waals surface area (Å²) in [6, 6.07) is 0. The Labute approximate surface area is 63.8 Å². The highest BCUT2D eigenvalue weighted by atomic mass is 16.7. The average Bonchev–Trinajstić information content (AvgIpc) is 1.82. The second kappa shape index (κ2) is 11.5. The summed E-state index contributed by atoms with van der Waals surface area (Å²) in [5.74, 6) is 0. The van der Waals surface area contributed by atoms with Gasteiger partial charge < -0.3 is 9.47 Å². The van der Waals surface area contributed by atoms with Crippen molar-refractivity contribution in [1.82, 2.24) is 0 Å². The van der Waals surface area contributed by atoms with E-state index in [9.17, 15) is 0 Å². The van der Waals surface area contributed by atoms with Gasteiger partial charge >= 0.3 is 0 Å². The van der Waals surface area contributed by atoms with E-state index in [0.29, 0.717) is 6.79 Å². The van der Waals surface area contributed by atoms with Crippen molar-refractivity contribution in [2.45, 2.75) is 20.8 Å². The van der Waals surface area contributed by atoms with Crippen molar-refractivity contribution < 1.29 is 9.47 Å². The van der Waals surface area contributed by atoms with Crippen molar-refractivity contribution in [3.63, 3.8) is 0 Å². The number of methoxy groups -OCH3 is 1. The highest BCUT2D eigenvalue weighted by Gasteiger charge is 1.71. The zero-order chi connectivity index (χ0) is 8.41. The van der Waals surface area contributed by atoms with E-state index in [1.54, 1.807) is 7.11 Å². The fourth-order valence-corrected chi connectivity index (χ4v) is 0.167. The molecule has 0 spiro atoms. The van der Waals surface area contributed by atoms with Crippen LogP contribution in [-0.4, -0.2) is 20.5 Å². The average molecular weight is 146 g/mol. The van der Waals surface area contributed by atoms with Crippen molar-refractivity contribution >= 4 is 0 Å². The second-order valence-corrected chi connectivity index (χ2v) is 2.11. The van der Waals surface area contributed by atoms with Crippen LogP contribution in [0.4, 0.5) is 0 Å². The summed E-state index contributed by atoms with van der Waals surface area (Å²) < 4.78 is 9.32. The Morgan fingerprint density at radius 2 is 1.80 bits per heavy atom. The Morgan fingerprint density at radius 1 is 1.40 bits per heavy atom. The van der Waals surface area contributed by atoms with Gasteiger partial charge in [0, 0.05) is 13.7 Å². The van der Waals surface area contributed by atoms with Crippen molar-refractivity contribution in [1.29, 1.82) is 0 Å². The van der Waals surface area contributed by atoms with Crippen LogP contribution in [0.15, 0.2) is 12.2 Å². The summed E-state index contributed by atoms with van der Waals surface area (Å²) in [5, 5.41) is 0. The van der Waals surface area contributed by atoms with Gasteiger partial charge in [-0.2, -0.15) is 0 Å². The smallest absolute Gasteiger partial charge is 0.146 e. The molecule has 0 bridgehead atoms. The third-order valence-electron chi connectivity index (χ3n) is 0.405. The number of ether oxygens (including phenoxy) is 2. The van der Waals surface area contributed by atoms with Crippen LogP contribution in [0.25, 0.3) is 0 Å². The predicted molar refractivity (Wildman–Crippen MR) is 44.0 cm³/mol. The Bertz CT molecular complexity index is 61.7. The van der Waals surface area contributed by atoms with Crippen LogP contribution < -0.4 is 0 Å². The van der Waals surface area contributed by atoms with E-state index in [4.69, 9.17) is 4.74 Å². The molecule has 2 nitrogen and oxygen atoms in total. The molecule has 0 aromatic heterocycles. The molecule has 62 valence electrons. The Kier molecular flexibility index (Phi) is 14.1. The fraction of sp³-hybridized carbons (Fsp3) is 0.750. The van der Waals surface area contributed by atoms with E-state index in [-0.39, 0.29) is 0 Å². The maximum Gasteiger partial charge on any atom is 0.146 e. The monoisotopic (exact) mass is 146 g/mol. The minimum Gasteiger partial charge on any atom is -0.359 e. The molecular formula is C8H18O2. The molecule has 0 aliphatic rings. The van der Waals surface area contributed by atoms with E-state index in [1.807, 2.05) is 20.8 Å². The fourth-order valence-electron chi connectivity index (χ4n) is 0.167. The van der Waals surface area contributed by atoms with E-state index in [2.05, 4.69) is 11.3 Å². The quantitative estimate of drug-likeness (QED) is 0.345. The molecule has 0 unspecified atom stereocenters. The molecule has 0 N–H and O–H groups in total. The molecule has 0 rings (SSSR count). The molecule has 0 atom stereocenters. The lowest BCUT2D eigenvalue weighted by Gasteiger charge is -1.93. The number of allylic oxidation sites excluding steroid dienone is 1. The summed E-state index contributed by atoms with van der Waals surface area (Å²) in [6.07, 6.45) is 0. The first-order valence-corrected chi connectivity index (χ1v) is 3.33. The highest BCUT2D eigenvalue weighted by molar-refractivity contribution is 4.78. The summed E-state index contributed by atoms with van der Waals surface area (Å²) in [7, 11) is 1.61. The second-order valence-electron chi connectivity index (χ2n) is 2.11. The third kappa shape index (κ3) is 48.0. The molecule has 0 fully saturated rings. The maximum atomic E-state index is 4.76. The maximum absolute atomic E-state index is 4.76. The third-order valence-corrected chi connectivity index (χ3v) is 0.405. The first-order valence-electron chi connectivity index (χ1n) is 3.33. The molecule has 0 aromatic rings. The standard InChI is InChI=1S/C4H10O2.C4H8/c1-3-6-4-5-2;1-4(2)3/h3-4H2,1-2H3;1H2,2-3H3. The minimum absolute atomic E-state index is 0.413. The molecule has 2 heteroatoms. The lowest BCUT2D eigenvalue weighted by atomic mass is 10.4. The van der Waals surface area contributed by atoms with E-state index in [0.717, 1.165) is 6.61 Å². The topological polar surface area (TPSA) is 18.5 Å². The van der Waals surface area contributed by atoms with Crippen LogP contribution in [0.2, 0.25) is 0 Å². The SMILES string of the molecule is C=C(C)C.CCOCOC. The molecule has 0 amide bonds. The van der Waals surface area contributed by atoms with E-state index >= 15 is 0 Å². The zero-order valence-corrected chi connectivity index (χ0v) is 7.44. The molecule has 0 aliphatic carbocycles. The van der Waals surface area contributed by atoms with E-state index < -0.39 is 0 Å². The van der Waals surface area contributed by atoms with Crippen LogP contribution in [0, 0.1) is 0 Å². The van der Waals surface area contributed by atoms with Gasteiger partial charge in [-0.3, -0.25) is 0 Å².